The minimum atomic E-state index is -0.802. The van der Waals surface area contributed by atoms with Crippen LogP contribution in [-0.4, -0.2) is 27.6 Å². The second-order valence-corrected chi connectivity index (χ2v) is 5.37. The van der Waals surface area contributed by atoms with Gasteiger partial charge in [0.2, 0.25) is 0 Å². The van der Waals surface area contributed by atoms with Crippen molar-refractivity contribution < 1.29 is 9.90 Å². The topological polar surface area (TPSA) is 66.3 Å². The highest BCUT2D eigenvalue weighted by Gasteiger charge is 2.30. The van der Waals surface area contributed by atoms with Crippen LogP contribution < -0.4 is 4.90 Å². The van der Waals surface area contributed by atoms with Crippen molar-refractivity contribution in [2.75, 3.05) is 11.4 Å². The van der Waals surface area contributed by atoms with E-state index in [9.17, 15) is 9.90 Å². The van der Waals surface area contributed by atoms with Crippen molar-refractivity contribution in [2.24, 2.45) is 0 Å². The highest BCUT2D eigenvalue weighted by atomic mass is 16.4. The van der Waals surface area contributed by atoms with Crippen LogP contribution in [0.2, 0.25) is 0 Å². The largest absolute Gasteiger partial charge is 0.481 e. The maximum absolute atomic E-state index is 11.6. The van der Waals surface area contributed by atoms with Crippen LogP contribution in [-0.2, 0) is 11.3 Å². The molecule has 0 saturated carbocycles. The Bertz CT molecular complexity index is 700. The number of anilines is 1. The lowest BCUT2D eigenvalue weighted by atomic mass is 9.90. The SMILES string of the molecule is Cc1ncc(N2Cc3ccccc3C(C(=O)O)C2)nc1C. The fourth-order valence-corrected chi connectivity index (χ4v) is 2.67. The summed E-state index contributed by atoms with van der Waals surface area (Å²) in [7, 11) is 0. The van der Waals surface area contributed by atoms with Crippen LogP contribution in [0.4, 0.5) is 5.82 Å². The summed E-state index contributed by atoms with van der Waals surface area (Å²) in [5.74, 6) is -0.596. The van der Waals surface area contributed by atoms with Gasteiger partial charge in [0, 0.05) is 13.1 Å². The van der Waals surface area contributed by atoms with Crippen molar-refractivity contribution in [3.05, 3.63) is 53.0 Å². The number of carbonyl (C=O) groups is 1. The summed E-state index contributed by atoms with van der Waals surface area (Å²) in [5, 5.41) is 9.49. The first-order chi connectivity index (χ1) is 10.1. The number of hydrogen-bond acceptors (Lipinski definition) is 4. The minimum Gasteiger partial charge on any atom is -0.481 e. The van der Waals surface area contributed by atoms with Crippen LogP contribution in [0.1, 0.15) is 28.4 Å². The van der Waals surface area contributed by atoms with Gasteiger partial charge in [-0.15, -0.1) is 0 Å². The lowest BCUT2D eigenvalue weighted by Crippen LogP contribution is -2.37. The number of hydrogen-bond donors (Lipinski definition) is 1. The number of carboxylic acids is 1. The molecule has 0 fully saturated rings. The fraction of sp³-hybridized carbons (Fsp3) is 0.312. The number of aryl methyl sites for hydroxylation is 2. The van der Waals surface area contributed by atoms with Crippen LogP contribution in [0.5, 0.6) is 0 Å². The zero-order valence-electron chi connectivity index (χ0n) is 12.1. The van der Waals surface area contributed by atoms with E-state index in [-0.39, 0.29) is 0 Å². The van der Waals surface area contributed by atoms with Gasteiger partial charge in [-0.2, -0.15) is 0 Å². The normalized spacial score (nSPS) is 17.4. The van der Waals surface area contributed by atoms with E-state index in [0.29, 0.717) is 13.1 Å². The summed E-state index contributed by atoms with van der Waals surface area (Å²) >= 11 is 0. The summed E-state index contributed by atoms with van der Waals surface area (Å²) in [6.45, 7) is 4.91. The van der Waals surface area contributed by atoms with Gasteiger partial charge in [0.1, 0.15) is 5.82 Å². The Balaban J connectivity index is 1.99. The molecule has 0 bridgehead atoms. The molecule has 0 saturated heterocycles. The summed E-state index contributed by atoms with van der Waals surface area (Å²) in [5.41, 5.74) is 3.71. The van der Waals surface area contributed by atoms with Crippen LogP contribution in [0.25, 0.3) is 0 Å². The average Bonchev–Trinajstić information content (AvgIpc) is 2.48. The zero-order chi connectivity index (χ0) is 15.0. The second kappa shape index (κ2) is 5.16. The Morgan fingerprint density at radius 2 is 2.05 bits per heavy atom. The van der Waals surface area contributed by atoms with Crippen LogP contribution in [0.3, 0.4) is 0 Å². The monoisotopic (exact) mass is 283 g/mol. The Morgan fingerprint density at radius 1 is 1.29 bits per heavy atom. The minimum absolute atomic E-state index is 0.420. The molecule has 21 heavy (non-hydrogen) atoms. The molecule has 0 aliphatic carbocycles. The van der Waals surface area contributed by atoms with Crippen molar-refractivity contribution in [3.8, 4) is 0 Å². The average molecular weight is 283 g/mol. The van der Waals surface area contributed by atoms with Crippen molar-refractivity contribution in [3.63, 3.8) is 0 Å². The summed E-state index contributed by atoms with van der Waals surface area (Å²) < 4.78 is 0. The Labute approximate surface area is 123 Å². The van der Waals surface area contributed by atoms with Gasteiger partial charge in [0.15, 0.2) is 0 Å². The molecule has 2 heterocycles. The van der Waals surface area contributed by atoms with Gasteiger partial charge in [-0.3, -0.25) is 9.78 Å². The van der Waals surface area contributed by atoms with E-state index in [1.165, 1.54) is 0 Å². The summed E-state index contributed by atoms with van der Waals surface area (Å²) in [4.78, 5) is 22.4. The van der Waals surface area contributed by atoms with Gasteiger partial charge in [-0.25, -0.2) is 4.98 Å². The molecule has 3 rings (SSSR count). The first-order valence-electron chi connectivity index (χ1n) is 6.92. The number of fused-ring (bicyclic) bond motifs is 1. The van der Waals surface area contributed by atoms with Gasteiger partial charge < -0.3 is 10.0 Å². The molecule has 1 atom stereocenters. The molecular formula is C16H17N3O2. The number of aromatic nitrogens is 2. The number of aliphatic carboxylic acids is 1. The van der Waals surface area contributed by atoms with Crippen LogP contribution in [0.15, 0.2) is 30.5 Å². The standard InChI is InChI=1S/C16H17N3O2/c1-10-11(2)18-15(7-17-10)19-8-12-5-3-4-6-13(12)14(9-19)16(20)21/h3-7,14H,8-9H2,1-2H3,(H,20,21). The van der Waals surface area contributed by atoms with Crippen molar-refractivity contribution in [1.29, 1.82) is 0 Å². The molecule has 1 aromatic heterocycles. The molecule has 2 aromatic rings. The highest BCUT2D eigenvalue weighted by molar-refractivity contribution is 5.78. The van der Waals surface area contributed by atoms with Gasteiger partial charge in [-0.05, 0) is 25.0 Å². The fourth-order valence-electron chi connectivity index (χ4n) is 2.67. The van der Waals surface area contributed by atoms with E-state index in [1.807, 2.05) is 43.0 Å². The molecule has 1 N–H and O–H groups in total. The van der Waals surface area contributed by atoms with E-state index in [4.69, 9.17) is 0 Å². The van der Waals surface area contributed by atoms with Crippen LogP contribution in [0, 0.1) is 13.8 Å². The number of benzene rings is 1. The first kappa shape index (κ1) is 13.5. The molecule has 5 nitrogen and oxygen atoms in total. The molecule has 0 radical (unpaired) electrons. The molecule has 1 aliphatic heterocycles. The van der Waals surface area contributed by atoms with Gasteiger partial charge in [0.25, 0.3) is 0 Å². The number of rotatable bonds is 2. The molecule has 1 unspecified atom stereocenters. The molecule has 0 amide bonds. The predicted octanol–water partition coefficient (Wildman–Crippen LogP) is 2.28. The van der Waals surface area contributed by atoms with Gasteiger partial charge >= 0.3 is 5.97 Å². The van der Waals surface area contributed by atoms with Crippen molar-refractivity contribution in [1.82, 2.24) is 9.97 Å². The van der Waals surface area contributed by atoms with E-state index in [0.717, 1.165) is 28.3 Å². The third-order valence-electron chi connectivity index (χ3n) is 4.00. The summed E-state index contributed by atoms with van der Waals surface area (Å²) in [6, 6.07) is 7.71. The quantitative estimate of drug-likeness (QED) is 0.916. The molecule has 1 aliphatic rings. The van der Waals surface area contributed by atoms with Crippen molar-refractivity contribution >= 4 is 11.8 Å². The van der Waals surface area contributed by atoms with Gasteiger partial charge in [0.05, 0.1) is 23.5 Å². The Morgan fingerprint density at radius 3 is 2.76 bits per heavy atom. The molecule has 1 aromatic carbocycles. The zero-order valence-corrected chi connectivity index (χ0v) is 12.1. The summed E-state index contributed by atoms with van der Waals surface area (Å²) in [6.07, 6.45) is 1.72. The third-order valence-corrected chi connectivity index (χ3v) is 4.00. The van der Waals surface area contributed by atoms with E-state index in [1.54, 1.807) is 6.20 Å². The van der Waals surface area contributed by atoms with E-state index < -0.39 is 11.9 Å². The van der Waals surface area contributed by atoms with Gasteiger partial charge in [-0.1, -0.05) is 24.3 Å². The highest BCUT2D eigenvalue weighted by Crippen LogP contribution is 2.30. The van der Waals surface area contributed by atoms with Crippen molar-refractivity contribution in [2.45, 2.75) is 26.3 Å². The first-order valence-corrected chi connectivity index (χ1v) is 6.92. The second-order valence-electron chi connectivity index (χ2n) is 5.37. The lowest BCUT2D eigenvalue weighted by molar-refractivity contribution is -0.138. The van der Waals surface area contributed by atoms with Crippen LogP contribution >= 0.6 is 0 Å². The Kier molecular flexibility index (Phi) is 3.33. The molecular weight excluding hydrogens is 266 g/mol. The third kappa shape index (κ3) is 2.46. The smallest absolute Gasteiger partial charge is 0.312 e. The van der Waals surface area contributed by atoms with E-state index in [2.05, 4.69) is 9.97 Å². The Hall–Kier alpha value is -2.43. The predicted molar refractivity (Wildman–Crippen MR) is 79.4 cm³/mol. The maximum Gasteiger partial charge on any atom is 0.312 e. The number of carboxylic acid groups (broad SMARTS) is 1. The maximum atomic E-state index is 11.6. The molecule has 108 valence electrons. The number of nitrogens with zero attached hydrogens (tertiary/aromatic N) is 3. The molecule has 0 spiro atoms. The van der Waals surface area contributed by atoms with E-state index >= 15 is 0 Å². The molecule has 5 heteroatoms. The lowest BCUT2D eigenvalue weighted by Gasteiger charge is -2.33.